The summed E-state index contributed by atoms with van der Waals surface area (Å²) >= 11 is 0. The normalized spacial score (nSPS) is 9.14. The average Bonchev–Trinajstić information content (AvgIpc) is 2.20. The smallest absolute Gasteiger partial charge is 0.278 e. The average molecular weight is 189 g/mol. The van der Waals surface area contributed by atoms with E-state index in [4.69, 9.17) is 5.73 Å². The van der Waals surface area contributed by atoms with Gasteiger partial charge >= 0.3 is 0 Å². The summed E-state index contributed by atoms with van der Waals surface area (Å²) in [5.74, 6) is 0.0535. The van der Waals surface area contributed by atoms with E-state index in [1.54, 1.807) is 24.4 Å². The number of hydrogen-bond acceptors (Lipinski definition) is 3. The van der Waals surface area contributed by atoms with E-state index in [1.165, 1.54) is 11.1 Å². The maximum Gasteiger partial charge on any atom is 0.278 e. The minimum absolute atomic E-state index is 0.0458. The van der Waals surface area contributed by atoms with Crippen LogP contribution in [0, 0.1) is 0 Å². The van der Waals surface area contributed by atoms with Crippen molar-refractivity contribution in [2.45, 2.75) is 0 Å². The van der Waals surface area contributed by atoms with Gasteiger partial charge in [-0.2, -0.15) is 0 Å². The molecule has 0 aliphatic rings. The van der Waals surface area contributed by atoms with Gasteiger partial charge in [0.25, 0.3) is 5.91 Å². The number of amides is 1. The van der Waals surface area contributed by atoms with E-state index >= 15 is 0 Å². The van der Waals surface area contributed by atoms with Gasteiger partial charge in [0, 0.05) is 12.4 Å². The molecule has 0 aliphatic heterocycles. The zero-order valence-corrected chi connectivity index (χ0v) is 7.68. The Labute approximate surface area is 82.4 Å². The third-order valence-electron chi connectivity index (χ3n) is 1.57. The summed E-state index contributed by atoms with van der Waals surface area (Å²) in [6.07, 6.45) is 2.93. The summed E-state index contributed by atoms with van der Waals surface area (Å²) in [7, 11) is 0. The van der Waals surface area contributed by atoms with Crippen LogP contribution in [0.5, 0.6) is 0 Å². The van der Waals surface area contributed by atoms with Crippen molar-refractivity contribution in [3.8, 4) is 0 Å². The van der Waals surface area contributed by atoms with E-state index < -0.39 is 5.91 Å². The topological polar surface area (TPSA) is 59.2 Å². The number of rotatable bonds is 3. The first kappa shape index (κ1) is 9.98. The number of nitrogens with two attached hydrogens (primary N) is 1. The van der Waals surface area contributed by atoms with Crippen molar-refractivity contribution in [2.24, 2.45) is 5.73 Å². The molecule has 4 heteroatoms. The largest absolute Gasteiger partial charge is 0.395 e. The summed E-state index contributed by atoms with van der Waals surface area (Å²) in [5, 5.41) is 0. The maximum absolute atomic E-state index is 11.5. The molecular weight excluding hydrogens is 178 g/mol. The molecule has 1 rings (SSSR count). The number of pyridine rings is 1. The number of carbonyl (C=O) groups is 1. The first-order valence-corrected chi connectivity index (χ1v) is 3.98. The minimum atomic E-state index is -0.418. The molecule has 1 aromatic rings. The molecular formula is C10H11N3O. The molecule has 0 spiro atoms. The molecule has 0 fully saturated rings. The van der Waals surface area contributed by atoms with Crippen LogP contribution in [-0.4, -0.2) is 10.9 Å². The van der Waals surface area contributed by atoms with Crippen molar-refractivity contribution in [3.63, 3.8) is 0 Å². The first-order chi connectivity index (χ1) is 6.66. The highest BCUT2D eigenvalue weighted by Crippen LogP contribution is 2.10. The summed E-state index contributed by atoms with van der Waals surface area (Å²) in [4.78, 5) is 16.7. The first-order valence-electron chi connectivity index (χ1n) is 3.98. The summed E-state index contributed by atoms with van der Waals surface area (Å²) in [6.45, 7) is 6.87. The standard InChI is InChI=1S/C10H11N3O/c1-3-13(10(14)8(2)11)9-6-4-5-7-12-9/h3-7H,1-2,11H2. The molecule has 0 radical (unpaired) electrons. The maximum atomic E-state index is 11.5. The van der Waals surface area contributed by atoms with Crippen molar-refractivity contribution in [3.05, 3.63) is 49.5 Å². The van der Waals surface area contributed by atoms with Gasteiger partial charge in [0.1, 0.15) is 5.82 Å². The quantitative estimate of drug-likeness (QED) is 0.722. The zero-order chi connectivity index (χ0) is 10.6. The highest BCUT2D eigenvalue weighted by Gasteiger charge is 2.13. The van der Waals surface area contributed by atoms with Crippen molar-refractivity contribution in [1.82, 2.24) is 4.98 Å². The van der Waals surface area contributed by atoms with Crippen LogP contribution in [0.2, 0.25) is 0 Å². The van der Waals surface area contributed by atoms with E-state index in [0.717, 1.165) is 0 Å². The molecule has 0 atom stereocenters. The van der Waals surface area contributed by atoms with Crippen LogP contribution in [0.1, 0.15) is 0 Å². The van der Waals surface area contributed by atoms with Gasteiger partial charge in [-0.25, -0.2) is 4.98 Å². The van der Waals surface area contributed by atoms with Gasteiger partial charge in [0.05, 0.1) is 5.70 Å². The molecule has 14 heavy (non-hydrogen) atoms. The number of carbonyl (C=O) groups excluding carboxylic acids is 1. The predicted octanol–water partition coefficient (Wildman–Crippen LogP) is 1.03. The second-order valence-electron chi connectivity index (χ2n) is 2.57. The van der Waals surface area contributed by atoms with Crippen LogP contribution in [0.4, 0.5) is 5.82 Å². The molecule has 72 valence electrons. The van der Waals surface area contributed by atoms with E-state index in [-0.39, 0.29) is 5.70 Å². The number of nitrogens with zero attached hydrogens (tertiary/aromatic N) is 2. The Kier molecular flexibility index (Phi) is 3.01. The lowest BCUT2D eigenvalue weighted by Gasteiger charge is -2.15. The third-order valence-corrected chi connectivity index (χ3v) is 1.57. The fraction of sp³-hybridized carbons (Fsp3) is 0. The monoisotopic (exact) mass is 189 g/mol. The van der Waals surface area contributed by atoms with Gasteiger partial charge in [-0.3, -0.25) is 9.69 Å². The third kappa shape index (κ3) is 1.98. The molecule has 0 saturated carbocycles. The number of aromatic nitrogens is 1. The van der Waals surface area contributed by atoms with Gasteiger partial charge in [0.2, 0.25) is 0 Å². The Bertz CT molecular complexity index is 359. The molecule has 1 amide bonds. The Morgan fingerprint density at radius 2 is 2.29 bits per heavy atom. The lowest BCUT2D eigenvalue weighted by molar-refractivity contribution is -0.114. The Morgan fingerprint density at radius 1 is 1.57 bits per heavy atom. The molecule has 1 aromatic heterocycles. The van der Waals surface area contributed by atoms with Crippen molar-refractivity contribution in [1.29, 1.82) is 0 Å². The summed E-state index contributed by atoms with van der Waals surface area (Å²) in [5.41, 5.74) is 5.24. The Morgan fingerprint density at radius 3 is 2.71 bits per heavy atom. The zero-order valence-electron chi connectivity index (χ0n) is 7.68. The molecule has 0 aromatic carbocycles. The van der Waals surface area contributed by atoms with Crippen LogP contribution in [0.3, 0.4) is 0 Å². The highest BCUT2D eigenvalue weighted by molar-refractivity contribution is 6.05. The number of hydrogen-bond donors (Lipinski definition) is 1. The van der Waals surface area contributed by atoms with E-state index in [1.807, 2.05) is 0 Å². The van der Waals surface area contributed by atoms with Gasteiger partial charge in [-0.1, -0.05) is 19.2 Å². The van der Waals surface area contributed by atoms with Crippen molar-refractivity contribution in [2.75, 3.05) is 4.90 Å². The fourth-order valence-electron chi connectivity index (χ4n) is 0.931. The van der Waals surface area contributed by atoms with Crippen LogP contribution in [0.15, 0.2) is 49.5 Å². The summed E-state index contributed by atoms with van der Waals surface area (Å²) in [6, 6.07) is 5.21. The van der Waals surface area contributed by atoms with Gasteiger partial charge in [-0.05, 0) is 12.1 Å². The minimum Gasteiger partial charge on any atom is -0.395 e. The Hall–Kier alpha value is -2.10. The SMILES string of the molecule is C=CN(C(=O)C(=C)N)c1ccccn1. The number of anilines is 1. The van der Waals surface area contributed by atoms with Gasteiger partial charge < -0.3 is 5.73 Å². The Balaban J connectivity index is 2.99. The van der Waals surface area contributed by atoms with Crippen molar-refractivity contribution < 1.29 is 4.79 Å². The van der Waals surface area contributed by atoms with Crippen LogP contribution >= 0.6 is 0 Å². The molecule has 0 bridgehead atoms. The van der Waals surface area contributed by atoms with Gasteiger partial charge in [-0.15, -0.1) is 0 Å². The molecule has 0 unspecified atom stereocenters. The van der Waals surface area contributed by atoms with Crippen LogP contribution in [0.25, 0.3) is 0 Å². The van der Waals surface area contributed by atoms with E-state index in [9.17, 15) is 4.79 Å². The molecule has 0 aliphatic carbocycles. The molecule has 2 N–H and O–H groups in total. The molecule has 1 heterocycles. The van der Waals surface area contributed by atoms with Crippen LogP contribution in [-0.2, 0) is 4.79 Å². The lowest BCUT2D eigenvalue weighted by Crippen LogP contribution is -2.29. The highest BCUT2D eigenvalue weighted by atomic mass is 16.2. The summed E-state index contributed by atoms with van der Waals surface area (Å²) < 4.78 is 0. The second kappa shape index (κ2) is 4.23. The van der Waals surface area contributed by atoms with Crippen LogP contribution < -0.4 is 10.6 Å². The second-order valence-corrected chi connectivity index (χ2v) is 2.57. The lowest BCUT2D eigenvalue weighted by atomic mass is 10.4. The fourth-order valence-corrected chi connectivity index (χ4v) is 0.931. The van der Waals surface area contributed by atoms with Gasteiger partial charge in [0.15, 0.2) is 0 Å². The van der Waals surface area contributed by atoms with E-state index in [0.29, 0.717) is 5.82 Å². The van der Waals surface area contributed by atoms with E-state index in [2.05, 4.69) is 18.1 Å². The molecule has 0 saturated heterocycles. The predicted molar refractivity (Wildman–Crippen MR) is 55.2 cm³/mol. The molecule has 4 nitrogen and oxygen atoms in total. The van der Waals surface area contributed by atoms with Crippen molar-refractivity contribution >= 4 is 11.7 Å².